The van der Waals surface area contributed by atoms with Crippen molar-refractivity contribution in [1.29, 1.82) is 10.5 Å². The van der Waals surface area contributed by atoms with Gasteiger partial charge in [0.05, 0.1) is 23.8 Å². The maximum absolute atomic E-state index is 12.4. The van der Waals surface area contributed by atoms with E-state index in [0.717, 1.165) is 0 Å². The summed E-state index contributed by atoms with van der Waals surface area (Å²) < 4.78 is 5.00. The fourth-order valence-corrected chi connectivity index (χ4v) is 3.06. The predicted molar refractivity (Wildman–Crippen MR) is 98.4 cm³/mol. The molecule has 1 aromatic carbocycles. The van der Waals surface area contributed by atoms with E-state index in [4.69, 9.17) is 10.00 Å². The molecule has 1 amide bonds. The van der Waals surface area contributed by atoms with Gasteiger partial charge < -0.3 is 10.1 Å². The minimum absolute atomic E-state index is 0.115. The summed E-state index contributed by atoms with van der Waals surface area (Å²) in [5.41, 5.74) is 1.97. The van der Waals surface area contributed by atoms with Gasteiger partial charge >= 0.3 is 5.97 Å². The first-order valence-corrected chi connectivity index (χ1v) is 8.56. The lowest BCUT2D eigenvalue weighted by molar-refractivity contribution is -0.112. The third-order valence-corrected chi connectivity index (χ3v) is 4.41. The molecule has 0 atom stereocenters. The molecule has 0 saturated heterocycles. The van der Waals surface area contributed by atoms with Crippen LogP contribution in [0.2, 0.25) is 0 Å². The van der Waals surface area contributed by atoms with Crippen molar-refractivity contribution in [2.75, 3.05) is 11.9 Å². The van der Waals surface area contributed by atoms with Gasteiger partial charge in [0.1, 0.15) is 16.6 Å². The van der Waals surface area contributed by atoms with Crippen molar-refractivity contribution in [3.63, 3.8) is 0 Å². The summed E-state index contributed by atoms with van der Waals surface area (Å²) >= 11 is 1.19. The number of anilines is 1. The molecule has 1 aromatic heterocycles. The average Bonchev–Trinajstić information content (AvgIpc) is 3.00. The van der Waals surface area contributed by atoms with E-state index in [-0.39, 0.29) is 12.2 Å². The average molecular weight is 365 g/mol. The fourth-order valence-electron chi connectivity index (χ4n) is 2.13. The lowest BCUT2D eigenvalue weighted by atomic mass is 10.1. The number of carbonyl (C=O) groups is 2. The zero-order chi connectivity index (χ0) is 19.1. The van der Waals surface area contributed by atoms with E-state index < -0.39 is 11.9 Å². The maximum Gasteiger partial charge on any atom is 0.341 e. The number of nitrogens with one attached hydrogen (secondary N) is 1. The maximum atomic E-state index is 12.4. The molecule has 0 aliphatic heterocycles. The van der Waals surface area contributed by atoms with E-state index in [1.54, 1.807) is 43.5 Å². The van der Waals surface area contributed by atoms with Crippen LogP contribution in [-0.2, 0) is 9.53 Å². The second kappa shape index (κ2) is 8.61. The number of rotatable bonds is 5. The molecule has 2 rings (SSSR count). The Hall–Kier alpha value is -3.42. The summed E-state index contributed by atoms with van der Waals surface area (Å²) in [5.74, 6) is -1.14. The van der Waals surface area contributed by atoms with Crippen LogP contribution < -0.4 is 5.32 Å². The van der Waals surface area contributed by atoms with Crippen molar-refractivity contribution in [1.82, 2.24) is 0 Å². The highest BCUT2D eigenvalue weighted by atomic mass is 32.1. The number of aryl methyl sites for hydroxylation is 1. The molecule has 1 heterocycles. The molecule has 0 bridgehead atoms. The Kier molecular flexibility index (Phi) is 6.26. The highest BCUT2D eigenvalue weighted by molar-refractivity contribution is 7.15. The molecule has 2 aromatic rings. The Morgan fingerprint density at radius 3 is 2.54 bits per heavy atom. The summed E-state index contributed by atoms with van der Waals surface area (Å²) in [6.07, 6.45) is 1.42. The molecular weight excluding hydrogens is 350 g/mol. The predicted octanol–water partition coefficient (Wildman–Crippen LogP) is 3.65. The first-order chi connectivity index (χ1) is 12.5. The molecule has 0 radical (unpaired) electrons. The number of ether oxygens (including phenoxy) is 1. The number of esters is 1. The van der Waals surface area contributed by atoms with Crippen molar-refractivity contribution in [2.45, 2.75) is 13.8 Å². The van der Waals surface area contributed by atoms with E-state index in [0.29, 0.717) is 27.3 Å². The van der Waals surface area contributed by atoms with Crippen LogP contribution in [0.5, 0.6) is 0 Å². The number of benzene rings is 1. The van der Waals surface area contributed by atoms with Crippen molar-refractivity contribution in [2.24, 2.45) is 0 Å². The Morgan fingerprint density at radius 1 is 1.27 bits per heavy atom. The van der Waals surface area contributed by atoms with Gasteiger partial charge in [0.15, 0.2) is 0 Å². The highest BCUT2D eigenvalue weighted by Crippen LogP contribution is 2.29. The van der Waals surface area contributed by atoms with Crippen molar-refractivity contribution in [3.05, 3.63) is 57.5 Å². The SMILES string of the molecule is CCOC(=O)c1c(C)csc1NC(=O)/C(C#N)=C/c1ccc(C#N)cc1. The summed E-state index contributed by atoms with van der Waals surface area (Å²) in [4.78, 5) is 24.5. The van der Waals surface area contributed by atoms with E-state index in [2.05, 4.69) is 5.32 Å². The zero-order valence-electron chi connectivity index (χ0n) is 14.2. The smallest absolute Gasteiger partial charge is 0.341 e. The second-order valence-corrected chi connectivity index (χ2v) is 6.08. The number of amides is 1. The van der Waals surface area contributed by atoms with Gasteiger partial charge in [0, 0.05) is 0 Å². The third-order valence-electron chi connectivity index (χ3n) is 3.40. The topological polar surface area (TPSA) is 103 Å². The van der Waals surface area contributed by atoms with Crippen LogP contribution in [0.4, 0.5) is 5.00 Å². The quantitative estimate of drug-likeness (QED) is 0.495. The minimum Gasteiger partial charge on any atom is -0.462 e. The van der Waals surface area contributed by atoms with Gasteiger partial charge in [-0.15, -0.1) is 11.3 Å². The monoisotopic (exact) mass is 365 g/mol. The first-order valence-electron chi connectivity index (χ1n) is 7.68. The van der Waals surface area contributed by atoms with Gasteiger partial charge in [-0.3, -0.25) is 4.79 Å². The molecular formula is C19H15N3O3S. The highest BCUT2D eigenvalue weighted by Gasteiger charge is 2.20. The zero-order valence-corrected chi connectivity index (χ0v) is 15.0. The Morgan fingerprint density at radius 2 is 1.96 bits per heavy atom. The van der Waals surface area contributed by atoms with Gasteiger partial charge in [-0.1, -0.05) is 12.1 Å². The lowest BCUT2D eigenvalue weighted by Gasteiger charge is -2.06. The molecule has 0 saturated carbocycles. The van der Waals surface area contributed by atoms with Crippen LogP contribution >= 0.6 is 11.3 Å². The summed E-state index contributed by atoms with van der Waals surface area (Å²) in [5, 5.41) is 22.8. The number of hydrogen-bond acceptors (Lipinski definition) is 6. The van der Waals surface area contributed by atoms with Crippen LogP contribution in [0, 0.1) is 29.6 Å². The molecule has 6 nitrogen and oxygen atoms in total. The summed E-state index contributed by atoms with van der Waals surface area (Å²) in [6.45, 7) is 3.67. The van der Waals surface area contributed by atoms with E-state index in [1.165, 1.54) is 17.4 Å². The molecule has 0 spiro atoms. The van der Waals surface area contributed by atoms with E-state index in [9.17, 15) is 14.9 Å². The fraction of sp³-hybridized carbons (Fsp3) is 0.158. The van der Waals surface area contributed by atoms with Crippen molar-refractivity contribution in [3.8, 4) is 12.1 Å². The normalized spacial score (nSPS) is 10.5. The van der Waals surface area contributed by atoms with Crippen LogP contribution in [0.1, 0.15) is 34.0 Å². The Bertz CT molecular complexity index is 944. The second-order valence-electron chi connectivity index (χ2n) is 5.20. The van der Waals surface area contributed by atoms with Gasteiger partial charge in [0.2, 0.25) is 0 Å². The number of nitriles is 2. The molecule has 7 heteroatoms. The molecule has 0 aliphatic rings. The van der Waals surface area contributed by atoms with Gasteiger partial charge in [-0.2, -0.15) is 10.5 Å². The lowest BCUT2D eigenvalue weighted by Crippen LogP contribution is -2.16. The number of carbonyl (C=O) groups excluding carboxylic acids is 2. The molecule has 130 valence electrons. The van der Waals surface area contributed by atoms with Crippen LogP contribution in [0.15, 0.2) is 35.2 Å². The summed E-state index contributed by atoms with van der Waals surface area (Å²) in [7, 11) is 0. The molecule has 0 aliphatic carbocycles. The van der Waals surface area contributed by atoms with Crippen LogP contribution in [0.3, 0.4) is 0 Å². The number of nitrogens with zero attached hydrogens (tertiary/aromatic N) is 2. The Balaban J connectivity index is 2.25. The minimum atomic E-state index is -0.621. The van der Waals surface area contributed by atoms with Gasteiger partial charge in [-0.05, 0) is 48.6 Å². The van der Waals surface area contributed by atoms with E-state index >= 15 is 0 Å². The molecule has 0 unspecified atom stereocenters. The van der Waals surface area contributed by atoms with E-state index in [1.807, 2.05) is 12.1 Å². The van der Waals surface area contributed by atoms with Gasteiger partial charge in [-0.25, -0.2) is 4.79 Å². The largest absolute Gasteiger partial charge is 0.462 e. The van der Waals surface area contributed by atoms with Crippen molar-refractivity contribution < 1.29 is 14.3 Å². The number of thiophene rings is 1. The summed E-state index contributed by atoms with van der Waals surface area (Å²) in [6, 6.07) is 10.3. The van der Waals surface area contributed by atoms with Crippen molar-refractivity contribution >= 4 is 34.3 Å². The van der Waals surface area contributed by atoms with Gasteiger partial charge in [0.25, 0.3) is 5.91 Å². The number of hydrogen-bond donors (Lipinski definition) is 1. The molecule has 1 N–H and O–H groups in total. The van der Waals surface area contributed by atoms with Crippen LogP contribution in [0.25, 0.3) is 6.08 Å². The molecule has 26 heavy (non-hydrogen) atoms. The molecule has 0 fully saturated rings. The van der Waals surface area contributed by atoms with Crippen LogP contribution in [-0.4, -0.2) is 18.5 Å². The Labute approximate surface area is 154 Å². The third kappa shape index (κ3) is 4.35. The standard InChI is InChI=1S/C19H15N3O3S/c1-3-25-19(24)16-12(2)11-26-18(16)22-17(23)15(10-21)8-13-4-6-14(9-20)7-5-13/h4-8,11H,3H2,1-2H3,(H,22,23)/b15-8+. The first kappa shape index (κ1) is 18.9.